The molecule has 1 aliphatic heterocycles. The van der Waals surface area contributed by atoms with Crippen molar-refractivity contribution in [1.29, 1.82) is 0 Å². The number of hydrogen-bond donors (Lipinski definition) is 0. The van der Waals surface area contributed by atoms with Crippen LogP contribution in [-0.4, -0.2) is 37.1 Å². The summed E-state index contributed by atoms with van der Waals surface area (Å²) in [6, 6.07) is 8.12. The lowest BCUT2D eigenvalue weighted by molar-refractivity contribution is -0.130. The van der Waals surface area contributed by atoms with Crippen molar-refractivity contribution in [2.75, 3.05) is 5.75 Å². The second-order valence-electron chi connectivity index (χ2n) is 5.51. The molecular formula is C16H15N5OS3. The minimum atomic E-state index is -0.0234. The standard InChI is InChI=1S/C16H15N5OS3/c1-20-10-17-18-16(20)25-9-15(22)21-12(14-5-3-7-24-14)8-11(19-21)13-4-2-6-23-13/h2-7,10,12H,8-9H2,1H3. The highest BCUT2D eigenvalue weighted by atomic mass is 32.2. The lowest BCUT2D eigenvalue weighted by atomic mass is 10.1. The van der Waals surface area contributed by atoms with Crippen molar-refractivity contribution in [2.45, 2.75) is 17.6 Å². The Morgan fingerprint density at radius 3 is 2.84 bits per heavy atom. The molecule has 1 unspecified atom stereocenters. The molecule has 128 valence electrons. The molecule has 0 saturated heterocycles. The summed E-state index contributed by atoms with van der Waals surface area (Å²) in [6.45, 7) is 0. The fourth-order valence-corrected chi connectivity index (χ4v) is 4.90. The summed E-state index contributed by atoms with van der Waals surface area (Å²) >= 11 is 4.70. The summed E-state index contributed by atoms with van der Waals surface area (Å²) in [5.41, 5.74) is 0.977. The summed E-state index contributed by atoms with van der Waals surface area (Å²) in [4.78, 5) is 15.1. The van der Waals surface area contributed by atoms with Gasteiger partial charge in [0.05, 0.1) is 22.4 Å². The van der Waals surface area contributed by atoms with Crippen LogP contribution in [0.2, 0.25) is 0 Å². The van der Waals surface area contributed by atoms with Gasteiger partial charge in [0.25, 0.3) is 5.91 Å². The number of amides is 1. The van der Waals surface area contributed by atoms with E-state index in [9.17, 15) is 4.79 Å². The van der Waals surface area contributed by atoms with Crippen molar-refractivity contribution in [3.63, 3.8) is 0 Å². The average Bonchev–Trinajstić information content (AvgIpc) is 3.38. The molecule has 0 N–H and O–H groups in total. The second kappa shape index (κ2) is 7.11. The Morgan fingerprint density at radius 2 is 2.16 bits per heavy atom. The minimum absolute atomic E-state index is 0.0158. The number of hydrogen-bond acceptors (Lipinski definition) is 7. The van der Waals surface area contributed by atoms with Crippen LogP contribution in [0.25, 0.3) is 0 Å². The van der Waals surface area contributed by atoms with Crippen LogP contribution in [0.1, 0.15) is 22.2 Å². The molecule has 9 heteroatoms. The van der Waals surface area contributed by atoms with Crippen molar-refractivity contribution >= 4 is 46.1 Å². The van der Waals surface area contributed by atoms with Gasteiger partial charge in [0.15, 0.2) is 5.16 Å². The molecule has 6 nitrogen and oxygen atoms in total. The number of carbonyl (C=O) groups excluding carboxylic acids is 1. The average molecular weight is 390 g/mol. The largest absolute Gasteiger partial charge is 0.312 e. The van der Waals surface area contributed by atoms with Gasteiger partial charge >= 0.3 is 0 Å². The lowest BCUT2D eigenvalue weighted by Gasteiger charge is -2.20. The molecule has 4 rings (SSSR count). The van der Waals surface area contributed by atoms with Gasteiger partial charge in [0.2, 0.25) is 0 Å². The van der Waals surface area contributed by atoms with Gasteiger partial charge in [-0.3, -0.25) is 4.79 Å². The normalized spacial score (nSPS) is 17.1. The first-order valence-electron chi connectivity index (χ1n) is 7.66. The molecule has 1 aliphatic rings. The van der Waals surface area contributed by atoms with E-state index in [1.807, 2.05) is 29.9 Å². The topological polar surface area (TPSA) is 63.4 Å². The van der Waals surface area contributed by atoms with Crippen LogP contribution < -0.4 is 0 Å². The Morgan fingerprint density at radius 1 is 1.32 bits per heavy atom. The predicted molar refractivity (Wildman–Crippen MR) is 101 cm³/mol. The van der Waals surface area contributed by atoms with Gasteiger partial charge in [0.1, 0.15) is 6.33 Å². The molecule has 0 spiro atoms. The predicted octanol–water partition coefficient (Wildman–Crippen LogP) is 3.41. The fraction of sp³-hybridized carbons (Fsp3) is 0.250. The summed E-state index contributed by atoms with van der Waals surface area (Å²) in [5, 5.41) is 18.9. The van der Waals surface area contributed by atoms with E-state index in [1.54, 1.807) is 38.6 Å². The summed E-state index contributed by atoms with van der Waals surface area (Å²) < 4.78 is 1.80. The third-order valence-corrected chi connectivity index (χ3v) is 6.75. The van der Waals surface area contributed by atoms with Crippen LogP contribution in [0.3, 0.4) is 0 Å². The summed E-state index contributed by atoms with van der Waals surface area (Å²) in [7, 11) is 1.87. The van der Waals surface area contributed by atoms with Crippen molar-refractivity contribution < 1.29 is 4.79 Å². The van der Waals surface area contributed by atoms with E-state index in [0.717, 1.165) is 27.0 Å². The smallest absolute Gasteiger partial charge is 0.253 e. The molecule has 0 saturated carbocycles. The third-order valence-electron chi connectivity index (χ3n) is 3.84. The Hall–Kier alpha value is -1.97. The van der Waals surface area contributed by atoms with E-state index in [4.69, 9.17) is 0 Å². The second-order valence-corrected chi connectivity index (χ2v) is 8.38. The molecule has 0 bridgehead atoms. The molecule has 0 fully saturated rings. The molecule has 0 radical (unpaired) electrons. The van der Waals surface area contributed by atoms with E-state index in [2.05, 4.69) is 27.4 Å². The highest BCUT2D eigenvalue weighted by Gasteiger charge is 2.34. The quantitative estimate of drug-likeness (QED) is 0.628. The monoisotopic (exact) mass is 389 g/mol. The van der Waals surface area contributed by atoms with Crippen LogP contribution >= 0.6 is 34.4 Å². The maximum Gasteiger partial charge on any atom is 0.253 e. The SMILES string of the molecule is Cn1cnnc1SCC(=O)N1N=C(c2cccs2)CC1c1cccs1. The first-order valence-corrected chi connectivity index (χ1v) is 10.4. The molecular weight excluding hydrogens is 374 g/mol. The van der Waals surface area contributed by atoms with Gasteiger partial charge in [0, 0.05) is 18.3 Å². The Bertz CT molecular complexity index is 885. The number of nitrogens with zero attached hydrogens (tertiary/aromatic N) is 5. The van der Waals surface area contributed by atoms with Gasteiger partial charge in [-0.05, 0) is 22.9 Å². The fourth-order valence-electron chi connectivity index (χ4n) is 2.63. The summed E-state index contributed by atoms with van der Waals surface area (Å²) in [6.07, 6.45) is 2.38. The molecule has 3 aromatic rings. The highest BCUT2D eigenvalue weighted by molar-refractivity contribution is 7.99. The zero-order valence-electron chi connectivity index (χ0n) is 13.4. The van der Waals surface area contributed by atoms with Gasteiger partial charge in [-0.25, -0.2) is 5.01 Å². The molecule has 1 atom stereocenters. The van der Waals surface area contributed by atoms with Gasteiger partial charge < -0.3 is 4.57 Å². The zero-order chi connectivity index (χ0) is 17.2. The van der Waals surface area contributed by atoms with Crippen molar-refractivity contribution in [3.8, 4) is 0 Å². The van der Waals surface area contributed by atoms with E-state index >= 15 is 0 Å². The van der Waals surface area contributed by atoms with Crippen LogP contribution in [0.15, 0.2) is 51.6 Å². The number of hydrazone groups is 1. The Labute approximate surface area is 157 Å². The third kappa shape index (κ3) is 3.39. The van der Waals surface area contributed by atoms with E-state index in [0.29, 0.717) is 0 Å². The number of rotatable bonds is 5. The number of thiophene rings is 2. The number of carbonyl (C=O) groups is 1. The molecule has 4 heterocycles. The highest BCUT2D eigenvalue weighted by Crippen LogP contribution is 2.36. The zero-order valence-corrected chi connectivity index (χ0v) is 15.9. The first kappa shape index (κ1) is 16.5. The molecule has 3 aromatic heterocycles. The van der Waals surface area contributed by atoms with E-state index in [-0.39, 0.29) is 17.7 Å². The van der Waals surface area contributed by atoms with E-state index < -0.39 is 0 Å². The van der Waals surface area contributed by atoms with Crippen molar-refractivity contribution in [1.82, 2.24) is 19.8 Å². The molecule has 0 aromatic carbocycles. The van der Waals surface area contributed by atoms with Crippen LogP contribution in [0, 0.1) is 0 Å². The number of thioether (sulfide) groups is 1. The Kier molecular flexibility index (Phi) is 4.69. The number of aryl methyl sites for hydroxylation is 1. The van der Waals surface area contributed by atoms with Crippen LogP contribution in [-0.2, 0) is 11.8 Å². The van der Waals surface area contributed by atoms with Crippen LogP contribution in [0.4, 0.5) is 0 Å². The molecule has 1 amide bonds. The first-order chi connectivity index (χ1) is 12.2. The Balaban J connectivity index is 1.55. The maximum absolute atomic E-state index is 12.8. The molecule has 0 aliphatic carbocycles. The van der Waals surface area contributed by atoms with Crippen molar-refractivity contribution in [3.05, 3.63) is 51.1 Å². The van der Waals surface area contributed by atoms with Gasteiger partial charge in [-0.15, -0.1) is 32.9 Å². The van der Waals surface area contributed by atoms with Crippen molar-refractivity contribution in [2.24, 2.45) is 12.1 Å². The molecule has 25 heavy (non-hydrogen) atoms. The maximum atomic E-state index is 12.8. The summed E-state index contributed by atoms with van der Waals surface area (Å²) in [5.74, 6) is 0.272. The van der Waals surface area contributed by atoms with Gasteiger partial charge in [-0.1, -0.05) is 23.9 Å². The number of aromatic nitrogens is 3. The van der Waals surface area contributed by atoms with Crippen LogP contribution in [0.5, 0.6) is 0 Å². The van der Waals surface area contributed by atoms with Gasteiger partial charge in [-0.2, -0.15) is 5.10 Å². The lowest BCUT2D eigenvalue weighted by Crippen LogP contribution is -2.28. The van der Waals surface area contributed by atoms with E-state index in [1.165, 1.54) is 11.8 Å². The minimum Gasteiger partial charge on any atom is -0.312 e.